The lowest BCUT2D eigenvalue weighted by Crippen LogP contribution is -2.40. The Morgan fingerprint density at radius 3 is 2.61 bits per heavy atom. The van der Waals surface area contributed by atoms with Gasteiger partial charge in [-0.05, 0) is 44.0 Å². The van der Waals surface area contributed by atoms with E-state index in [-0.39, 0.29) is 24.2 Å². The fourth-order valence-electron chi connectivity index (χ4n) is 2.34. The molecule has 0 saturated heterocycles. The van der Waals surface area contributed by atoms with Crippen LogP contribution in [0.25, 0.3) is 5.69 Å². The van der Waals surface area contributed by atoms with E-state index in [1.165, 1.54) is 0 Å². The number of carbonyl (C=O) groups is 1. The molecule has 1 amide bonds. The van der Waals surface area contributed by atoms with E-state index >= 15 is 0 Å². The summed E-state index contributed by atoms with van der Waals surface area (Å²) >= 11 is 0. The summed E-state index contributed by atoms with van der Waals surface area (Å²) in [6.45, 7) is 7.97. The maximum atomic E-state index is 12.2. The maximum Gasteiger partial charge on any atom is 0.241 e. The number of hydrogen-bond donors (Lipinski definition) is 2. The average Bonchev–Trinajstić information content (AvgIpc) is 2.84. The highest BCUT2D eigenvalue weighted by molar-refractivity contribution is 5.95. The molecule has 2 unspecified atom stereocenters. The zero-order valence-electron chi connectivity index (χ0n) is 14.0. The van der Waals surface area contributed by atoms with Crippen LogP contribution in [-0.4, -0.2) is 21.7 Å². The third kappa shape index (κ3) is 4.56. The molecular weight excluding hydrogens is 312 g/mol. The molecule has 0 aliphatic rings. The largest absolute Gasteiger partial charge is 0.325 e. The van der Waals surface area contributed by atoms with Crippen molar-refractivity contribution in [1.29, 1.82) is 0 Å². The van der Waals surface area contributed by atoms with Crippen LogP contribution in [0.3, 0.4) is 0 Å². The van der Waals surface area contributed by atoms with Crippen molar-refractivity contribution in [3.63, 3.8) is 0 Å². The zero-order valence-corrected chi connectivity index (χ0v) is 14.9. The molecule has 0 aliphatic carbocycles. The van der Waals surface area contributed by atoms with Crippen LogP contribution in [0.5, 0.6) is 0 Å². The van der Waals surface area contributed by atoms with Crippen molar-refractivity contribution in [2.24, 2.45) is 11.7 Å². The second-order valence-corrected chi connectivity index (χ2v) is 5.79. The summed E-state index contributed by atoms with van der Waals surface area (Å²) in [7, 11) is 0. The third-order valence-corrected chi connectivity index (χ3v) is 3.93. The Bertz CT molecular complexity index is 668. The molecule has 0 aliphatic heterocycles. The Hall–Kier alpha value is -1.85. The van der Waals surface area contributed by atoms with Gasteiger partial charge < -0.3 is 11.1 Å². The van der Waals surface area contributed by atoms with Gasteiger partial charge in [0.25, 0.3) is 0 Å². The summed E-state index contributed by atoms with van der Waals surface area (Å²) in [4.78, 5) is 12.2. The fraction of sp³-hybridized carbons (Fsp3) is 0.412. The number of anilines is 1. The molecule has 0 fully saturated rings. The molecule has 0 saturated carbocycles. The number of nitrogens with one attached hydrogen (secondary N) is 1. The summed E-state index contributed by atoms with van der Waals surface area (Å²) in [6, 6.07) is 9.14. The molecule has 2 atom stereocenters. The van der Waals surface area contributed by atoms with Crippen LogP contribution in [0.2, 0.25) is 0 Å². The van der Waals surface area contributed by atoms with Crippen molar-refractivity contribution in [2.75, 3.05) is 5.32 Å². The molecule has 1 aromatic heterocycles. The van der Waals surface area contributed by atoms with Gasteiger partial charge in [0.15, 0.2) is 0 Å². The highest BCUT2D eigenvalue weighted by Gasteiger charge is 2.19. The Kier molecular flexibility index (Phi) is 6.79. The predicted molar refractivity (Wildman–Crippen MR) is 96.3 cm³/mol. The molecule has 2 rings (SSSR count). The van der Waals surface area contributed by atoms with Gasteiger partial charge in [-0.25, -0.2) is 4.68 Å². The van der Waals surface area contributed by atoms with E-state index in [0.717, 1.165) is 29.2 Å². The van der Waals surface area contributed by atoms with E-state index in [1.54, 1.807) is 0 Å². The molecule has 126 valence electrons. The van der Waals surface area contributed by atoms with Gasteiger partial charge in [0.1, 0.15) is 0 Å². The van der Waals surface area contributed by atoms with Gasteiger partial charge in [-0.2, -0.15) is 5.10 Å². The van der Waals surface area contributed by atoms with Crippen molar-refractivity contribution in [3.05, 3.63) is 41.7 Å². The second kappa shape index (κ2) is 8.13. The van der Waals surface area contributed by atoms with E-state index in [1.807, 2.05) is 62.7 Å². The number of carbonyl (C=O) groups excluding carboxylic acids is 1. The Balaban J connectivity index is 0.00000264. The van der Waals surface area contributed by atoms with E-state index < -0.39 is 6.04 Å². The van der Waals surface area contributed by atoms with Gasteiger partial charge in [-0.1, -0.05) is 26.3 Å². The SMILES string of the molecule is CCC(C)C(N)C(=O)Nc1cccc(-n2nc(C)cc2C)c1.Cl. The third-order valence-electron chi connectivity index (χ3n) is 3.93. The van der Waals surface area contributed by atoms with Gasteiger partial charge in [-0.3, -0.25) is 4.79 Å². The number of amides is 1. The van der Waals surface area contributed by atoms with E-state index in [9.17, 15) is 4.79 Å². The molecule has 5 nitrogen and oxygen atoms in total. The van der Waals surface area contributed by atoms with Gasteiger partial charge in [0.05, 0.1) is 17.4 Å². The first-order chi connectivity index (χ1) is 10.4. The van der Waals surface area contributed by atoms with Crippen LogP contribution in [0, 0.1) is 19.8 Å². The van der Waals surface area contributed by atoms with Gasteiger partial charge in [0.2, 0.25) is 5.91 Å². The van der Waals surface area contributed by atoms with Crippen molar-refractivity contribution in [2.45, 2.75) is 40.2 Å². The molecule has 3 N–H and O–H groups in total. The lowest BCUT2D eigenvalue weighted by Gasteiger charge is -2.18. The number of rotatable bonds is 5. The summed E-state index contributed by atoms with van der Waals surface area (Å²) in [5, 5.41) is 7.34. The number of aromatic nitrogens is 2. The zero-order chi connectivity index (χ0) is 16.3. The van der Waals surface area contributed by atoms with Crippen LogP contribution in [0.1, 0.15) is 31.7 Å². The normalized spacial score (nSPS) is 13.1. The van der Waals surface area contributed by atoms with Crippen LogP contribution >= 0.6 is 12.4 Å². The summed E-state index contributed by atoms with van der Waals surface area (Å²) in [5.74, 6) is -0.000870. The minimum atomic E-state index is -0.498. The summed E-state index contributed by atoms with van der Waals surface area (Å²) in [5.41, 5.74) is 9.63. The van der Waals surface area contributed by atoms with Crippen molar-refractivity contribution < 1.29 is 4.79 Å². The molecule has 6 heteroatoms. The number of nitrogens with two attached hydrogens (primary N) is 1. The molecular formula is C17H25ClN4O. The van der Waals surface area contributed by atoms with E-state index in [4.69, 9.17) is 5.73 Å². The minimum absolute atomic E-state index is 0. The first kappa shape index (κ1) is 19.2. The lowest BCUT2D eigenvalue weighted by molar-refractivity contribution is -0.118. The molecule has 0 radical (unpaired) electrons. The number of halogens is 1. The fourth-order valence-corrected chi connectivity index (χ4v) is 2.34. The van der Waals surface area contributed by atoms with Crippen molar-refractivity contribution >= 4 is 24.0 Å². The van der Waals surface area contributed by atoms with Crippen LogP contribution in [0.4, 0.5) is 5.69 Å². The van der Waals surface area contributed by atoms with Gasteiger partial charge >= 0.3 is 0 Å². The standard InChI is InChI=1S/C17H24N4O.ClH/c1-5-11(2)16(18)17(22)19-14-7-6-8-15(10-14)21-13(4)9-12(3)20-21;/h6-11,16H,5,18H2,1-4H3,(H,19,22);1H. The number of aryl methyl sites for hydroxylation is 2. The highest BCUT2D eigenvalue weighted by atomic mass is 35.5. The first-order valence-corrected chi connectivity index (χ1v) is 7.62. The highest BCUT2D eigenvalue weighted by Crippen LogP contribution is 2.17. The molecule has 1 heterocycles. The lowest BCUT2D eigenvalue weighted by atomic mass is 9.99. The quantitative estimate of drug-likeness (QED) is 0.880. The van der Waals surface area contributed by atoms with Gasteiger partial charge in [0, 0.05) is 11.4 Å². The predicted octanol–water partition coefficient (Wildman–Crippen LogP) is 3.22. The average molecular weight is 337 g/mol. The van der Waals surface area contributed by atoms with Gasteiger partial charge in [-0.15, -0.1) is 12.4 Å². The summed E-state index contributed by atoms with van der Waals surface area (Å²) < 4.78 is 1.86. The van der Waals surface area contributed by atoms with Crippen molar-refractivity contribution in [3.8, 4) is 5.69 Å². The van der Waals surface area contributed by atoms with E-state index in [2.05, 4.69) is 10.4 Å². The Labute approximate surface area is 143 Å². The number of nitrogens with zero attached hydrogens (tertiary/aromatic N) is 2. The minimum Gasteiger partial charge on any atom is -0.325 e. The number of hydrogen-bond acceptors (Lipinski definition) is 3. The van der Waals surface area contributed by atoms with Crippen LogP contribution in [-0.2, 0) is 4.79 Å². The molecule has 0 bridgehead atoms. The molecule has 0 spiro atoms. The molecule has 1 aromatic carbocycles. The Morgan fingerprint density at radius 1 is 1.35 bits per heavy atom. The number of benzene rings is 1. The first-order valence-electron chi connectivity index (χ1n) is 7.62. The molecule has 2 aromatic rings. The van der Waals surface area contributed by atoms with E-state index in [0.29, 0.717) is 0 Å². The molecule has 23 heavy (non-hydrogen) atoms. The van der Waals surface area contributed by atoms with Crippen LogP contribution < -0.4 is 11.1 Å². The summed E-state index contributed by atoms with van der Waals surface area (Å²) in [6.07, 6.45) is 0.875. The Morgan fingerprint density at radius 2 is 2.04 bits per heavy atom. The smallest absolute Gasteiger partial charge is 0.241 e. The topological polar surface area (TPSA) is 72.9 Å². The monoisotopic (exact) mass is 336 g/mol. The van der Waals surface area contributed by atoms with Crippen LogP contribution in [0.15, 0.2) is 30.3 Å². The maximum absolute atomic E-state index is 12.2. The second-order valence-electron chi connectivity index (χ2n) is 5.79. The van der Waals surface area contributed by atoms with Crippen molar-refractivity contribution in [1.82, 2.24) is 9.78 Å².